The van der Waals surface area contributed by atoms with E-state index >= 15 is 0 Å². The van der Waals surface area contributed by atoms with E-state index in [-0.39, 0.29) is 29.9 Å². The van der Waals surface area contributed by atoms with Crippen LogP contribution in [0, 0.1) is 0 Å². The first-order chi connectivity index (χ1) is 12.5. The number of thioether (sulfide) groups is 1. The monoisotopic (exact) mass is 376 g/mol. The van der Waals surface area contributed by atoms with Crippen molar-refractivity contribution < 1.29 is 19.1 Å². The molecular formula is C19H24N2O4S. The van der Waals surface area contributed by atoms with Crippen LogP contribution >= 0.6 is 11.8 Å². The minimum absolute atomic E-state index is 0.142. The molecule has 6 nitrogen and oxygen atoms in total. The smallest absolute Gasteiger partial charge is 0.305 e. The summed E-state index contributed by atoms with van der Waals surface area (Å²) in [5.74, 6) is 0.163. The van der Waals surface area contributed by atoms with E-state index in [1.807, 2.05) is 24.3 Å². The van der Waals surface area contributed by atoms with Crippen LogP contribution in [0.5, 0.6) is 0 Å². The van der Waals surface area contributed by atoms with Gasteiger partial charge in [0.15, 0.2) is 0 Å². The SMILES string of the molecule is COC(=O)CCCC=C1SC[C@@H](NC(=O)c2ccccc2)[C@@H]1NC(C)=O. The summed E-state index contributed by atoms with van der Waals surface area (Å²) in [5.41, 5.74) is 0.592. The first kappa shape index (κ1) is 20.0. The van der Waals surface area contributed by atoms with E-state index in [2.05, 4.69) is 15.4 Å². The number of benzene rings is 1. The number of carbonyl (C=O) groups is 3. The van der Waals surface area contributed by atoms with Gasteiger partial charge in [0.05, 0.1) is 19.2 Å². The Morgan fingerprint density at radius 1 is 1.23 bits per heavy atom. The molecule has 2 N–H and O–H groups in total. The Kier molecular flexibility index (Phi) is 7.72. The van der Waals surface area contributed by atoms with Crippen molar-refractivity contribution in [3.63, 3.8) is 0 Å². The van der Waals surface area contributed by atoms with Crippen LogP contribution in [0.1, 0.15) is 36.5 Å². The van der Waals surface area contributed by atoms with Gasteiger partial charge < -0.3 is 15.4 Å². The van der Waals surface area contributed by atoms with Crippen molar-refractivity contribution >= 4 is 29.5 Å². The highest BCUT2D eigenvalue weighted by atomic mass is 32.2. The van der Waals surface area contributed by atoms with E-state index < -0.39 is 0 Å². The Balaban J connectivity index is 1.99. The highest BCUT2D eigenvalue weighted by Crippen LogP contribution is 2.32. The summed E-state index contributed by atoms with van der Waals surface area (Å²) < 4.78 is 4.63. The third-order valence-corrected chi connectivity index (χ3v) is 5.29. The second-order valence-corrected chi connectivity index (χ2v) is 7.10. The Morgan fingerprint density at radius 2 is 1.96 bits per heavy atom. The Bertz CT molecular complexity index is 675. The van der Waals surface area contributed by atoms with Crippen molar-refractivity contribution in [2.75, 3.05) is 12.9 Å². The average molecular weight is 376 g/mol. The maximum atomic E-state index is 12.4. The first-order valence-corrected chi connectivity index (χ1v) is 9.52. The van der Waals surface area contributed by atoms with Gasteiger partial charge in [0.2, 0.25) is 5.91 Å². The number of hydrogen-bond donors (Lipinski definition) is 2. The normalized spacial score (nSPS) is 20.6. The molecule has 2 rings (SSSR count). The number of allylic oxidation sites excluding steroid dienone is 1. The summed E-state index contributed by atoms with van der Waals surface area (Å²) in [6, 6.07) is 8.58. The molecule has 1 aromatic rings. The maximum absolute atomic E-state index is 12.4. The van der Waals surface area contributed by atoms with Gasteiger partial charge in [-0.15, -0.1) is 11.8 Å². The van der Waals surface area contributed by atoms with Crippen molar-refractivity contribution in [1.29, 1.82) is 0 Å². The van der Waals surface area contributed by atoms with Crippen LogP contribution < -0.4 is 10.6 Å². The predicted octanol–water partition coefficient (Wildman–Crippen LogP) is 2.26. The lowest BCUT2D eigenvalue weighted by atomic mass is 10.1. The van der Waals surface area contributed by atoms with Gasteiger partial charge in [0.1, 0.15) is 0 Å². The lowest BCUT2D eigenvalue weighted by Gasteiger charge is -2.22. The zero-order valence-corrected chi connectivity index (χ0v) is 15.8. The lowest BCUT2D eigenvalue weighted by molar-refractivity contribution is -0.140. The Morgan fingerprint density at radius 3 is 2.62 bits per heavy atom. The molecule has 1 aliphatic heterocycles. The molecule has 0 unspecified atom stereocenters. The van der Waals surface area contributed by atoms with Crippen molar-refractivity contribution in [2.45, 2.75) is 38.3 Å². The Hall–Kier alpha value is -2.28. The van der Waals surface area contributed by atoms with Gasteiger partial charge >= 0.3 is 5.97 Å². The highest BCUT2D eigenvalue weighted by molar-refractivity contribution is 8.03. The zero-order chi connectivity index (χ0) is 18.9. The molecular weight excluding hydrogens is 352 g/mol. The fourth-order valence-electron chi connectivity index (χ4n) is 2.71. The molecule has 1 saturated heterocycles. The minimum Gasteiger partial charge on any atom is -0.469 e. The fourth-order valence-corrected chi connectivity index (χ4v) is 3.99. The quantitative estimate of drug-likeness (QED) is 0.563. The minimum atomic E-state index is -0.247. The Labute approximate surface area is 157 Å². The molecule has 0 bridgehead atoms. The van der Waals surface area contributed by atoms with Gasteiger partial charge in [-0.05, 0) is 25.0 Å². The lowest BCUT2D eigenvalue weighted by Crippen LogP contribution is -2.50. The molecule has 1 fully saturated rings. The number of amides is 2. The van der Waals surface area contributed by atoms with Crippen molar-refractivity contribution in [1.82, 2.24) is 10.6 Å². The molecule has 0 spiro atoms. The average Bonchev–Trinajstić information content (AvgIpc) is 3.00. The largest absolute Gasteiger partial charge is 0.469 e. The second kappa shape index (κ2) is 10.0. The van der Waals surface area contributed by atoms with Crippen LogP contribution in [0.4, 0.5) is 0 Å². The molecule has 1 heterocycles. The van der Waals surface area contributed by atoms with Gasteiger partial charge in [-0.1, -0.05) is 24.3 Å². The highest BCUT2D eigenvalue weighted by Gasteiger charge is 2.34. The molecule has 140 valence electrons. The predicted molar refractivity (Wildman–Crippen MR) is 102 cm³/mol. The summed E-state index contributed by atoms with van der Waals surface area (Å²) in [6.07, 6.45) is 3.80. The first-order valence-electron chi connectivity index (χ1n) is 8.54. The molecule has 2 atom stereocenters. The third-order valence-electron chi connectivity index (χ3n) is 4.01. The molecule has 7 heteroatoms. The molecule has 2 amide bonds. The van der Waals surface area contributed by atoms with Gasteiger partial charge in [-0.25, -0.2) is 0 Å². The third kappa shape index (κ3) is 5.91. The maximum Gasteiger partial charge on any atom is 0.305 e. The number of ether oxygens (including phenoxy) is 1. The van der Waals surface area contributed by atoms with E-state index in [1.54, 1.807) is 23.9 Å². The standard InChI is InChI=1S/C19H24N2O4S/c1-13(22)20-18-15(21-19(24)14-8-4-3-5-9-14)12-26-16(18)10-6-7-11-17(23)25-2/h3-5,8-10,15,18H,6-7,11-12H2,1-2H3,(H,20,22)(H,21,24)/t15-,18+/m1/s1. The number of unbranched alkanes of at least 4 members (excludes halogenated alkanes) is 1. The second-order valence-electron chi connectivity index (χ2n) is 6.01. The van der Waals surface area contributed by atoms with E-state index in [1.165, 1.54) is 14.0 Å². The number of rotatable bonds is 7. The van der Waals surface area contributed by atoms with Crippen molar-refractivity contribution in [3.05, 3.63) is 46.9 Å². The van der Waals surface area contributed by atoms with Crippen molar-refractivity contribution in [2.24, 2.45) is 0 Å². The van der Waals surface area contributed by atoms with E-state index in [4.69, 9.17) is 0 Å². The summed E-state index contributed by atoms with van der Waals surface area (Å²) in [7, 11) is 1.38. The molecule has 0 aromatic heterocycles. The molecule has 1 aliphatic rings. The van der Waals surface area contributed by atoms with E-state index in [0.717, 1.165) is 4.91 Å². The molecule has 0 radical (unpaired) electrons. The number of methoxy groups -OCH3 is 1. The zero-order valence-electron chi connectivity index (χ0n) is 15.0. The van der Waals surface area contributed by atoms with Crippen LogP contribution in [-0.4, -0.2) is 42.7 Å². The van der Waals surface area contributed by atoms with E-state index in [9.17, 15) is 14.4 Å². The number of hydrogen-bond acceptors (Lipinski definition) is 5. The summed E-state index contributed by atoms with van der Waals surface area (Å²) >= 11 is 1.62. The van der Waals surface area contributed by atoms with Gasteiger partial charge in [0, 0.05) is 29.6 Å². The van der Waals surface area contributed by atoms with Gasteiger partial charge in [-0.3, -0.25) is 14.4 Å². The van der Waals surface area contributed by atoms with Crippen LogP contribution in [0.3, 0.4) is 0 Å². The molecule has 1 aromatic carbocycles. The molecule has 26 heavy (non-hydrogen) atoms. The summed E-state index contributed by atoms with van der Waals surface area (Å²) in [6.45, 7) is 1.47. The van der Waals surface area contributed by atoms with Crippen LogP contribution in [0.2, 0.25) is 0 Å². The van der Waals surface area contributed by atoms with Gasteiger partial charge in [0.25, 0.3) is 5.91 Å². The fraction of sp³-hybridized carbons (Fsp3) is 0.421. The number of esters is 1. The topological polar surface area (TPSA) is 84.5 Å². The van der Waals surface area contributed by atoms with Crippen LogP contribution in [-0.2, 0) is 14.3 Å². The summed E-state index contributed by atoms with van der Waals surface area (Å²) in [5, 5.41) is 5.93. The van der Waals surface area contributed by atoms with Crippen molar-refractivity contribution in [3.8, 4) is 0 Å². The van der Waals surface area contributed by atoms with E-state index in [0.29, 0.717) is 30.6 Å². The molecule has 0 aliphatic carbocycles. The van der Waals surface area contributed by atoms with Gasteiger partial charge in [-0.2, -0.15) is 0 Å². The number of nitrogens with one attached hydrogen (secondary N) is 2. The summed E-state index contributed by atoms with van der Waals surface area (Å²) in [4.78, 5) is 36.2. The molecule has 0 saturated carbocycles. The van der Waals surface area contributed by atoms with Crippen LogP contribution in [0.25, 0.3) is 0 Å². The number of carbonyl (C=O) groups excluding carboxylic acids is 3. The van der Waals surface area contributed by atoms with Crippen LogP contribution in [0.15, 0.2) is 41.3 Å².